The number of hydrogen-bond donors (Lipinski definition) is 0. The molecule has 0 fully saturated rings. The third-order valence-corrected chi connectivity index (χ3v) is 6.22. The lowest BCUT2D eigenvalue weighted by Crippen LogP contribution is -2.45. The number of benzene rings is 1. The van der Waals surface area contributed by atoms with Gasteiger partial charge in [0.25, 0.3) is 0 Å². The zero-order chi connectivity index (χ0) is 26.3. The molecule has 0 saturated heterocycles. The van der Waals surface area contributed by atoms with Crippen LogP contribution < -0.4 is 0 Å². The topological polar surface area (TPSA) is 68.7 Å². The van der Waals surface area contributed by atoms with Crippen molar-refractivity contribution in [3.05, 3.63) is 52.6 Å². The highest BCUT2D eigenvalue weighted by Gasteiger charge is 2.41. The van der Waals surface area contributed by atoms with Gasteiger partial charge in [-0.15, -0.1) is 0 Å². The Morgan fingerprint density at radius 1 is 1.14 bits per heavy atom. The van der Waals surface area contributed by atoms with E-state index in [1.165, 1.54) is 19.2 Å². The summed E-state index contributed by atoms with van der Waals surface area (Å²) in [5.74, 6) is -0.973. The summed E-state index contributed by atoms with van der Waals surface area (Å²) < 4.78 is 25.4. The molecule has 1 aromatic heterocycles. The van der Waals surface area contributed by atoms with Crippen LogP contribution >= 0.6 is 0 Å². The molecular weight excluding hydrogens is 447 g/mol. The van der Waals surface area contributed by atoms with Gasteiger partial charge >= 0.3 is 5.97 Å². The van der Waals surface area contributed by atoms with Crippen molar-refractivity contribution in [2.45, 2.75) is 85.0 Å². The Labute approximate surface area is 207 Å². The summed E-state index contributed by atoms with van der Waals surface area (Å²) >= 11 is 0. The van der Waals surface area contributed by atoms with E-state index in [0.717, 1.165) is 28.1 Å². The molecule has 1 aromatic carbocycles. The number of aromatic nitrogens is 1. The number of pyridine rings is 1. The van der Waals surface area contributed by atoms with Gasteiger partial charge in [-0.2, -0.15) is 0 Å². The van der Waals surface area contributed by atoms with Gasteiger partial charge in [0.2, 0.25) is 5.91 Å². The molecule has 0 aliphatic carbocycles. The summed E-state index contributed by atoms with van der Waals surface area (Å²) in [7, 11) is 1.33. The maximum atomic E-state index is 13.9. The predicted molar refractivity (Wildman–Crippen MR) is 133 cm³/mol. The van der Waals surface area contributed by atoms with Gasteiger partial charge in [0.15, 0.2) is 6.10 Å². The number of hydrogen-bond acceptors (Lipinski definition) is 5. The Morgan fingerprint density at radius 3 is 2.23 bits per heavy atom. The normalized spacial score (nSPS) is 16.1. The summed E-state index contributed by atoms with van der Waals surface area (Å²) in [6, 6.07) is 6.19. The van der Waals surface area contributed by atoms with Crippen LogP contribution in [0.4, 0.5) is 4.39 Å². The summed E-state index contributed by atoms with van der Waals surface area (Å²) in [6.07, 6.45) is -1.05. The van der Waals surface area contributed by atoms with E-state index < -0.39 is 23.1 Å². The van der Waals surface area contributed by atoms with Crippen molar-refractivity contribution in [3.8, 4) is 11.1 Å². The minimum Gasteiger partial charge on any atom is -0.467 e. The van der Waals surface area contributed by atoms with E-state index in [0.29, 0.717) is 18.7 Å². The van der Waals surface area contributed by atoms with Crippen LogP contribution in [0.25, 0.3) is 11.1 Å². The lowest BCUT2D eigenvalue weighted by Gasteiger charge is -2.41. The number of rotatable bonds is 5. The van der Waals surface area contributed by atoms with Crippen LogP contribution in [0.2, 0.25) is 0 Å². The number of carbonyl (C=O) groups is 2. The fourth-order valence-corrected chi connectivity index (χ4v) is 4.73. The van der Waals surface area contributed by atoms with E-state index in [-0.39, 0.29) is 17.6 Å². The van der Waals surface area contributed by atoms with Crippen molar-refractivity contribution in [2.75, 3.05) is 13.7 Å². The van der Waals surface area contributed by atoms with Crippen LogP contribution in [0.1, 0.15) is 89.9 Å². The highest BCUT2D eigenvalue weighted by molar-refractivity contribution is 5.84. The zero-order valence-electron chi connectivity index (χ0n) is 22.3. The van der Waals surface area contributed by atoms with Crippen molar-refractivity contribution in [2.24, 2.45) is 0 Å². The quantitative estimate of drug-likeness (QED) is 0.511. The monoisotopic (exact) mass is 484 g/mol. The van der Waals surface area contributed by atoms with Gasteiger partial charge in [0, 0.05) is 36.6 Å². The SMILES string of the molecule is COC(=O)C(OC(C)(C)C)c1c(C(C)C)nc2c(c1-c1ccc(F)cc1)CN(C(C)=O)CC2(C)C. The fourth-order valence-electron chi connectivity index (χ4n) is 4.73. The van der Waals surface area contributed by atoms with Crippen molar-refractivity contribution in [3.63, 3.8) is 0 Å². The van der Waals surface area contributed by atoms with Crippen molar-refractivity contribution in [1.29, 1.82) is 0 Å². The zero-order valence-corrected chi connectivity index (χ0v) is 22.3. The van der Waals surface area contributed by atoms with Gasteiger partial charge in [0.1, 0.15) is 5.82 Å². The minimum atomic E-state index is -1.05. The Kier molecular flexibility index (Phi) is 7.42. The van der Waals surface area contributed by atoms with Gasteiger partial charge in [-0.05, 0) is 49.9 Å². The maximum Gasteiger partial charge on any atom is 0.339 e. The number of esters is 1. The predicted octanol–water partition coefficient (Wildman–Crippen LogP) is 5.68. The number of nitrogens with zero attached hydrogens (tertiary/aromatic N) is 2. The minimum absolute atomic E-state index is 0.0353. The molecule has 7 heteroatoms. The van der Waals surface area contributed by atoms with Crippen LogP contribution in [0.5, 0.6) is 0 Å². The summed E-state index contributed by atoms with van der Waals surface area (Å²) in [6.45, 7) is 16.2. The van der Waals surface area contributed by atoms with Gasteiger partial charge in [-0.25, -0.2) is 9.18 Å². The average molecular weight is 485 g/mol. The van der Waals surface area contributed by atoms with Crippen LogP contribution in [0.3, 0.4) is 0 Å². The first-order chi connectivity index (χ1) is 16.2. The molecule has 0 radical (unpaired) electrons. The molecule has 6 nitrogen and oxygen atoms in total. The highest BCUT2D eigenvalue weighted by atomic mass is 19.1. The first-order valence-corrected chi connectivity index (χ1v) is 12.0. The van der Waals surface area contributed by atoms with Crippen molar-refractivity contribution >= 4 is 11.9 Å². The average Bonchev–Trinajstić information content (AvgIpc) is 2.75. The molecule has 1 atom stereocenters. The molecule has 0 saturated carbocycles. The second-order valence-corrected chi connectivity index (χ2v) is 11.2. The summed E-state index contributed by atoms with van der Waals surface area (Å²) in [5.41, 5.74) is 3.44. The van der Waals surface area contributed by atoms with Crippen molar-refractivity contribution in [1.82, 2.24) is 9.88 Å². The summed E-state index contributed by atoms with van der Waals surface area (Å²) in [4.78, 5) is 32.6. The molecule has 1 aliphatic rings. The van der Waals surface area contributed by atoms with Gasteiger partial charge in [0.05, 0.1) is 24.1 Å². The number of carbonyl (C=O) groups excluding carboxylic acids is 2. The summed E-state index contributed by atoms with van der Waals surface area (Å²) in [5, 5.41) is 0. The van der Waals surface area contributed by atoms with Crippen LogP contribution in [-0.2, 0) is 31.0 Å². The second kappa shape index (κ2) is 9.69. The van der Waals surface area contributed by atoms with E-state index in [2.05, 4.69) is 13.8 Å². The third-order valence-electron chi connectivity index (χ3n) is 6.22. The molecule has 1 amide bonds. The van der Waals surface area contributed by atoms with E-state index in [4.69, 9.17) is 14.5 Å². The molecular formula is C28H37FN2O4. The number of methoxy groups -OCH3 is 1. The molecule has 2 heterocycles. The van der Waals surface area contributed by atoms with Crippen LogP contribution in [-0.4, -0.2) is 41.0 Å². The Bertz CT molecular complexity index is 1120. The molecule has 0 bridgehead atoms. The largest absolute Gasteiger partial charge is 0.467 e. The Hall–Kier alpha value is -2.80. The molecule has 1 aliphatic heterocycles. The van der Waals surface area contributed by atoms with E-state index >= 15 is 0 Å². The first kappa shape index (κ1) is 26.8. The van der Waals surface area contributed by atoms with E-state index in [1.54, 1.807) is 24.0 Å². The maximum absolute atomic E-state index is 13.9. The smallest absolute Gasteiger partial charge is 0.339 e. The molecule has 190 valence electrons. The Balaban J connectivity index is 2.50. The van der Waals surface area contributed by atoms with Gasteiger partial charge in [-0.1, -0.05) is 39.8 Å². The molecule has 2 aromatic rings. The lowest BCUT2D eigenvalue weighted by atomic mass is 9.76. The fraction of sp³-hybridized carbons (Fsp3) is 0.536. The number of ether oxygens (including phenoxy) is 2. The van der Waals surface area contributed by atoms with Crippen LogP contribution in [0.15, 0.2) is 24.3 Å². The molecule has 0 spiro atoms. The molecule has 0 N–H and O–H groups in total. The molecule has 3 rings (SSSR count). The van der Waals surface area contributed by atoms with E-state index in [1.807, 2.05) is 34.6 Å². The third kappa shape index (κ3) is 5.56. The number of fused-ring (bicyclic) bond motifs is 1. The highest BCUT2D eigenvalue weighted by Crippen LogP contribution is 2.45. The number of amides is 1. The Morgan fingerprint density at radius 2 is 1.74 bits per heavy atom. The molecule has 35 heavy (non-hydrogen) atoms. The van der Waals surface area contributed by atoms with Crippen LogP contribution in [0, 0.1) is 5.82 Å². The van der Waals surface area contributed by atoms with Crippen molar-refractivity contribution < 1.29 is 23.5 Å². The standard InChI is InChI=1S/C28H37FN2O4/c1-16(2)23-22(24(26(33)34-9)35-27(4,5)6)21(18-10-12-19(29)13-11-18)20-14-31(17(3)32)15-28(7,8)25(20)30-23/h10-13,16,24H,14-15H2,1-9H3. The lowest BCUT2D eigenvalue weighted by molar-refractivity contribution is -0.164. The van der Waals surface area contributed by atoms with Gasteiger partial charge in [-0.3, -0.25) is 9.78 Å². The number of halogens is 1. The van der Waals surface area contributed by atoms with Gasteiger partial charge < -0.3 is 14.4 Å². The van der Waals surface area contributed by atoms with E-state index in [9.17, 15) is 14.0 Å². The molecule has 1 unspecified atom stereocenters. The second-order valence-electron chi connectivity index (χ2n) is 11.2. The first-order valence-electron chi connectivity index (χ1n) is 12.0.